The second-order valence-electron chi connectivity index (χ2n) is 15.6. The largest absolute Gasteiger partial charge is 0.481 e. The predicted molar refractivity (Wildman–Crippen MR) is 217 cm³/mol. The summed E-state index contributed by atoms with van der Waals surface area (Å²) in [6.45, 7) is 9.86. The van der Waals surface area contributed by atoms with Crippen molar-refractivity contribution in [1.29, 1.82) is 0 Å². The summed E-state index contributed by atoms with van der Waals surface area (Å²) in [6.07, 6.45) is 2.30. The van der Waals surface area contributed by atoms with Crippen molar-refractivity contribution in [2.75, 3.05) is 20.2 Å². The summed E-state index contributed by atoms with van der Waals surface area (Å²) >= 11 is 14.3. The van der Waals surface area contributed by atoms with Gasteiger partial charge in [0, 0.05) is 72.2 Å². The maximum Gasteiger partial charge on any atom is 0.410 e. The van der Waals surface area contributed by atoms with E-state index in [0.717, 1.165) is 0 Å². The average molecular weight is 805 g/mol. The van der Waals surface area contributed by atoms with Crippen molar-refractivity contribution in [2.24, 2.45) is 7.05 Å². The first-order valence-electron chi connectivity index (χ1n) is 18.3. The number of hydrogen-bond donors (Lipinski definition) is 3. The summed E-state index contributed by atoms with van der Waals surface area (Å²) in [7, 11) is 3.18. The highest BCUT2D eigenvalue weighted by atomic mass is 35.5. The van der Waals surface area contributed by atoms with E-state index in [4.69, 9.17) is 37.7 Å². The zero-order valence-corrected chi connectivity index (χ0v) is 34.1. The average Bonchev–Trinajstić information content (AvgIpc) is 3.75. The van der Waals surface area contributed by atoms with Crippen LogP contribution in [0.25, 0.3) is 39.0 Å². The lowest BCUT2D eigenvalue weighted by molar-refractivity contribution is -0.119. The minimum Gasteiger partial charge on any atom is -0.481 e. The number of nitrogens with one attached hydrogen (secondary N) is 2. The van der Waals surface area contributed by atoms with Gasteiger partial charge in [-0.25, -0.2) is 14.3 Å². The second kappa shape index (κ2) is 16.3. The van der Waals surface area contributed by atoms with Crippen LogP contribution >= 0.6 is 23.2 Å². The fraction of sp³-hybridized carbons (Fsp3) is 0.390. The molecule has 3 N–H and O–H groups in total. The molecule has 0 bridgehead atoms. The molecule has 5 aromatic rings. The smallest absolute Gasteiger partial charge is 0.410 e. The Morgan fingerprint density at radius 2 is 1.68 bits per heavy atom. The van der Waals surface area contributed by atoms with Crippen LogP contribution in [0, 0.1) is 0 Å². The molecule has 13 nitrogen and oxygen atoms in total. The third-order valence-electron chi connectivity index (χ3n) is 9.32. The lowest BCUT2D eigenvalue weighted by Crippen LogP contribution is -2.43. The fourth-order valence-electron chi connectivity index (χ4n) is 6.59. The number of aliphatic hydroxyl groups is 1. The van der Waals surface area contributed by atoms with Gasteiger partial charge in [-0.05, 0) is 59.2 Å². The number of fused-ring (bicyclic) bond motifs is 1. The third-order valence-corrected chi connectivity index (χ3v) is 10.1. The van der Waals surface area contributed by atoms with Crippen molar-refractivity contribution in [3.63, 3.8) is 0 Å². The number of benzene rings is 2. The lowest BCUT2D eigenvalue weighted by Gasteiger charge is -2.29. The summed E-state index contributed by atoms with van der Waals surface area (Å²) in [5.41, 5.74) is 3.13. The van der Waals surface area contributed by atoms with Gasteiger partial charge in [-0.1, -0.05) is 59.6 Å². The fourth-order valence-corrected chi connectivity index (χ4v) is 7.25. The van der Waals surface area contributed by atoms with Crippen molar-refractivity contribution in [3.05, 3.63) is 92.6 Å². The predicted octanol–water partition coefficient (Wildman–Crippen LogP) is 6.62. The highest BCUT2D eigenvalue weighted by Crippen LogP contribution is 2.42. The Morgan fingerprint density at radius 1 is 1.02 bits per heavy atom. The molecule has 2 amide bonds. The zero-order chi connectivity index (χ0) is 40.5. The third kappa shape index (κ3) is 9.18. The molecular formula is C41H47Cl2N7O6. The Morgan fingerprint density at radius 3 is 2.30 bits per heavy atom. The Bertz CT molecular complexity index is 2340. The number of carbonyl (C=O) groups is 2. The maximum atomic E-state index is 13.3. The van der Waals surface area contributed by atoms with Crippen LogP contribution in [-0.2, 0) is 29.7 Å². The molecule has 0 unspecified atom stereocenters. The Hall–Kier alpha value is -4.95. The number of carbonyl (C=O) groups excluding carboxylic acids is 2. The SMILES string of the molecule is COc1nc(-c2cccc(-c3cccc(-c4cc5c(=O)n(C)c(CNCC(C)(C)O)nn5c4)c3Cl)c2Cl)ccc1CN(C[C@@H]1CCC(=O)N1)C(=O)OC(C)(C)C. The van der Waals surface area contributed by atoms with Crippen LogP contribution in [0.2, 0.25) is 10.0 Å². The number of amides is 2. The van der Waals surface area contributed by atoms with Crippen LogP contribution in [0.4, 0.5) is 4.79 Å². The number of pyridine rings is 1. The standard InChI is InChI=1S/C41H47Cl2N7O6/c1-40(2,3)56-39(53)49(22-26-15-17-34(51)45-26)20-24-14-16-31(46-37(24)55-7)30-13-9-12-29(36(30)43)28-11-8-10-27(35(28)42)25-18-32-38(52)48(6)33(47-50(32)21-25)19-44-23-41(4,5)54/h8-14,16,18,21,26,44,54H,15,17,19-20,22-23H2,1-7H3,(H,45,51)/t26-/m0/s1. The van der Waals surface area contributed by atoms with Crippen LogP contribution in [0.5, 0.6) is 5.88 Å². The minimum atomic E-state index is -0.911. The summed E-state index contributed by atoms with van der Waals surface area (Å²) in [4.78, 5) is 44.9. The first kappa shape index (κ1) is 40.7. The molecule has 4 heterocycles. The van der Waals surface area contributed by atoms with Gasteiger partial charge in [0.25, 0.3) is 5.56 Å². The van der Waals surface area contributed by atoms with Crippen LogP contribution in [-0.4, -0.2) is 78.6 Å². The molecule has 1 saturated heterocycles. The van der Waals surface area contributed by atoms with Gasteiger partial charge in [0.15, 0.2) is 0 Å². The number of hydrogen-bond acceptors (Lipinski definition) is 9. The van der Waals surface area contributed by atoms with E-state index in [1.807, 2.05) is 48.5 Å². The van der Waals surface area contributed by atoms with Crippen LogP contribution < -0.4 is 20.9 Å². The number of nitrogens with zero attached hydrogens (tertiary/aromatic N) is 5. The van der Waals surface area contributed by atoms with E-state index in [0.29, 0.717) is 92.3 Å². The second-order valence-corrected chi connectivity index (χ2v) is 16.4. The summed E-state index contributed by atoms with van der Waals surface area (Å²) in [5.74, 6) is 0.778. The van der Waals surface area contributed by atoms with E-state index in [1.54, 1.807) is 63.3 Å². The summed E-state index contributed by atoms with van der Waals surface area (Å²) in [5, 5.41) is 21.7. The van der Waals surface area contributed by atoms with Gasteiger partial charge in [0.05, 0.1) is 41.5 Å². The molecule has 15 heteroatoms. The molecule has 296 valence electrons. The van der Waals surface area contributed by atoms with Gasteiger partial charge in [-0.3, -0.25) is 14.2 Å². The molecule has 1 aliphatic heterocycles. The maximum absolute atomic E-state index is 13.3. The van der Waals surface area contributed by atoms with Gasteiger partial charge < -0.3 is 30.1 Å². The summed E-state index contributed by atoms with van der Waals surface area (Å²) in [6, 6.07) is 16.5. The van der Waals surface area contributed by atoms with Gasteiger partial charge >= 0.3 is 6.09 Å². The molecule has 3 aromatic heterocycles. The van der Waals surface area contributed by atoms with E-state index in [1.165, 1.54) is 11.7 Å². The first-order valence-corrected chi connectivity index (χ1v) is 19.1. The molecule has 1 fully saturated rings. The molecule has 2 aromatic carbocycles. The van der Waals surface area contributed by atoms with Crippen molar-refractivity contribution >= 4 is 40.7 Å². The number of methoxy groups -OCH3 is 1. The molecule has 0 spiro atoms. The van der Waals surface area contributed by atoms with E-state index in [-0.39, 0.29) is 30.6 Å². The molecule has 6 rings (SSSR count). The van der Waals surface area contributed by atoms with Crippen molar-refractivity contribution < 1.29 is 24.2 Å². The van der Waals surface area contributed by atoms with E-state index < -0.39 is 17.3 Å². The van der Waals surface area contributed by atoms with E-state index in [9.17, 15) is 19.5 Å². The quantitative estimate of drug-likeness (QED) is 0.126. The molecule has 1 atom stereocenters. The molecule has 0 radical (unpaired) electrons. The Kier molecular flexibility index (Phi) is 11.8. The monoisotopic (exact) mass is 803 g/mol. The summed E-state index contributed by atoms with van der Waals surface area (Å²) < 4.78 is 14.5. The van der Waals surface area contributed by atoms with Crippen molar-refractivity contribution in [1.82, 2.24) is 34.7 Å². The van der Waals surface area contributed by atoms with Gasteiger partial charge in [0.1, 0.15) is 16.9 Å². The van der Waals surface area contributed by atoms with E-state index >= 15 is 0 Å². The number of halogens is 2. The first-order chi connectivity index (χ1) is 26.4. The van der Waals surface area contributed by atoms with Gasteiger partial charge in [0.2, 0.25) is 11.8 Å². The highest BCUT2D eigenvalue weighted by Gasteiger charge is 2.29. The minimum absolute atomic E-state index is 0.0414. The molecular weight excluding hydrogens is 757 g/mol. The van der Waals surface area contributed by atoms with Crippen LogP contribution in [0.3, 0.4) is 0 Å². The molecule has 1 aliphatic rings. The molecule has 0 saturated carbocycles. The molecule has 0 aliphatic carbocycles. The van der Waals surface area contributed by atoms with E-state index in [2.05, 4.69) is 15.7 Å². The molecule has 56 heavy (non-hydrogen) atoms. The van der Waals surface area contributed by atoms with Gasteiger partial charge in [-0.15, -0.1) is 0 Å². The zero-order valence-electron chi connectivity index (χ0n) is 32.6. The van der Waals surface area contributed by atoms with Gasteiger partial charge in [-0.2, -0.15) is 5.10 Å². The Labute approximate surface area is 335 Å². The van der Waals surface area contributed by atoms with Crippen molar-refractivity contribution in [3.8, 4) is 39.4 Å². The van der Waals surface area contributed by atoms with Crippen LogP contribution in [0.15, 0.2) is 65.6 Å². The number of ether oxygens (including phenoxy) is 2. The normalized spacial score (nSPS) is 14.6. The highest BCUT2D eigenvalue weighted by molar-refractivity contribution is 6.39. The number of aromatic nitrogens is 4. The van der Waals surface area contributed by atoms with Crippen LogP contribution in [0.1, 0.15) is 58.8 Å². The Balaban J connectivity index is 1.29. The topological polar surface area (TPSA) is 152 Å². The van der Waals surface area contributed by atoms with Crippen molar-refractivity contribution in [2.45, 2.75) is 77.8 Å². The lowest BCUT2D eigenvalue weighted by atomic mass is 9.97. The number of rotatable bonds is 12.